The van der Waals surface area contributed by atoms with Crippen molar-refractivity contribution in [3.05, 3.63) is 17.5 Å². The van der Waals surface area contributed by atoms with Crippen LogP contribution in [0.3, 0.4) is 0 Å². The van der Waals surface area contributed by atoms with Crippen LogP contribution >= 0.6 is 11.3 Å². The monoisotopic (exact) mass is 762 g/mol. The van der Waals surface area contributed by atoms with Crippen LogP contribution in [-0.2, 0) is 29.2 Å². The summed E-state index contributed by atoms with van der Waals surface area (Å²) in [6.45, 7) is 12.2. The van der Waals surface area contributed by atoms with E-state index >= 15 is 0 Å². The predicted molar refractivity (Wildman–Crippen MR) is 198 cm³/mol. The smallest absolute Gasteiger partial charge is 0.315 e. The van der Waals surface area contributed by atoms with E-state index in [-0.39, 0.29) is 39.8 Å². The first kappa shape index (κ1) is 40.2. The lowest BCUT2D eigenvalue weighted by molar-refractivity contribution is -0.146. The van der Waals surface area contributed by atoms with Crippen LogP contribution in [-0.4, -0.2) is 91.5 Å². The highest BCUT2D eigenvalue weighted by Gasteiger charge is 2.70. The van der Waals surface area contributed by atoms with E-state index in [1.54, 1.807) is 22.4 Å². The normalized spacial score (nSPS) is 25.6. The highest BCUT2D eigenvalue weighted by atomic mass is 32.2. The average molecular weight is 763 g/mol. The van der Waals surface area contributed by atoms with Gasteiger partial charge in [0.25, 0.3) is 15.9 Å². The number of nitrogens with one attached hydrogen (secondary N) is 3. The molecule has 1 aromatic heterocycles. The van der Waals surface area contributed by atoms with Crippen molar-refractivity contribution >= 4 is 50.9 Å². The summed E-state index contributed by atoms with van der Waals surface area (Å²) in [7, 11) is -2.29. The highest BCUT2D eigenvalue weighted by Crippen LogP contribution is 2.65. The molecule has 0 bridgehead atoms. The summed E-state index contributed by atoms with van der Waals surface area (Å²) in [6, 6.07) is -0.883. The lowest BCUT2D eigenvalue weighted by Gasteiger charge is -2.43. The van der Waals surface area contributed by atoms with Crippen molar-refractivity contribution in [3.8, 4) is 0 Å². The third-order valence-corrected chi connectivity index (χ3v) is 15.8. The number of rotatable bonds is 14. The number of carbonyl (C=O) groups excluding carboxylic acids is 5. The van der Waals surface area contributed by atoms with Gasteiger partial charge in [0.05, 0.1) is 6.04 Å². The SMILES string of the molecule is CN(C[C@@H](NC(=O)N[C@H](C(=O)N1C[C@H]2[C@@H]([C@H]1C(=O)NC(CC1CCC1)C(=O)C(N)=O)C2(C)C)C1(C)CCCCC1)C(C)(C)C)S(=O)(=O)c1cccs1. The highest BCUT2D eigenvalue weighted by molar-refractivity contribution is 7.91. The Morgan fingerprint density at radius 3 is 2.21 bits per heavy atom. The van der Waals surface area contributed by atoms with Crippen LogP contribution in [0.15, 0.2) is 21.7 Å². The molecule has 15 heteroatoms. The summed E-state index contributed by atoms with van der Waals surface area (Å²) in [4.78, 5) is 69.4. The molecule has 0 aromatic carbocycles. The van der Waals surface area contributed by atoms with Crippen molar-refractivity contribution in [2.45, 2.75) is 128 Å². The van der Waals surface area contributed by atoms with Crippen LogP contribution in [0.5, 0.6) is 0 Å². The number of Topliss-reactive ketones (excluding diaryl/α,β-unsaturated/α-hetero) is 1. The lowest BCUT2D eigenvalue weighted by Crippen LogP contribution is -2.63. The Morgan fingerprint density at radius 1 is 1.02 bits per heavy atom. The molecule has 4 aliphatic rings. The fraction of sp³-hybridized carbons (Fsp3) is 0.757. The van der Waals surface area contributed by atoms with Gasteiger partial charge < -0.3 is 26.6 Å². The van der Waals surface area contributed by atoms with Crippen LogP contribution < -0.4 is 21.7 Å². The molecule has 0 radical (unpaired) electrons. The molecular formula is C37H58N6O7S2. The number of primary amides is 1. The number of amides is 5. The zero-order valence-electron chi connectivity index (χ0n) is 31.7. The first-order valence-electron chi connectivity index (χ1n) is 18.7. The van der Waals surface area contributed by atoms with Crippen LogP contribution in [0.25, 0.3) is 0 Å². The Labute approximate surface area is 312 Å². The molecule has 3 saturated carbocycles. The summed E-state index contributed by atoms with van der Waals surface area (Å²) in [6.07, 6.45) is 7.38. The van der Waals surface area contributed by atoms with Gasteiger partial charge in [-0.05, 0) is 64.7 Å². The average Bonchev–Trinajstić information content (AvgIpc) is 3.50. The zero-order chi connectivity index (χ0) is 38.4. The number of sulfonamides is 1. The summed E-state index contributed by atoms with van der Waals surface area (Å²) in [5.41, 5.74) is 4.04. The molecule has 5 rings (SSSR count). The maximum absolute atomic E-state index is 14.8. The Bertz CT molecular complexity index is 1630. The van der Waals surface area contributed by atoms with Gasteiger partial charge in [0.2, 0.25) is 17.6 Å². The van der Waals surface area contributed by atoms with Gasteiger partial charge >= 0.3 is 6.03 Å². The third kappa shape index (κ3) is 8.20. The standard InChI is InChI=1S/C37H58N6O7S2/c1-35(2,3)25(21-42(7)52(49,50)26-15-12-18-51-26)40-34(48)41-30(37(6)16-9-8-10-17-37)33(47)43-20-23-27(36(23,4)5)28(43)32(46)39-24(29(44)31(38)45)19-22-13-11-14-22/h12,15,18,22-25,27-28,30H,8-11,13-14,16-17,19-21H2,1-7H3,(H2,38,45)(H,39,46)(H2,40,41,48)/t23-,24?,25+,27-,28-,30+/m0/s1. The number of nitrogens with zero attached hydrogens (tertiary/aromatic N) is 2. The van der Waals surface area contributed by atoms with Crippen LogP contribution in [0.4, 0.5) is 4.79 Å². The van der Waals surface area contributed by atoms with E-state index in [2.05, 4.69) is 29.8 Å². The summed E-state index contributed by atoms with van der Waals surface area (Å²) < 4.78 is 28.0. The number of hydrogen-bond acceptors (Lipinski definition) is 8. The van der Waals surface area contributed by atoms with E-state index in [0.29, 0.717) is 25.8 Å². The van der Waals surface area contributed by atoms with Gasteiger partial charge in [-0.1, -0.05) is 86.1 Å². The van der Waals surface area contributed by atoms with Crippen molar-refractivity contribution in [2.24, 2.45) is 39.7 Å². The topological polar surface area (TPSA) is 188 Å². The molecule has 290 valence electrons. The molecule has 3 aliphatic carbocycles. The molecule has 1 saturated heterocycles. The van der Waals surface area contributed by atoms with E-state index in [1.165, 1.54) is 11.4 Å². The number of likely N-dealkylation sites (N-methyl/N-ethyl adjacent to an activating group) is 1. The van der Waals surface area contributed by atoms with Crippen LogP contribution in [0.1, 0.15) is 99.3 Å². The summed E-state index contributed by atoms with van der Waals surface area (Å²) in [5.74, 6) is -2.65. The van der Waals surface area contributed by atoms with Gasteiger partial charge in [-0.3, -0.25) is 19.2 Å². The minimum Gasteiger partial charge on any atom is -0.363 e. The number of fused-ring (bicyclic) bond motifs is 1. The van der Waals surface area contributed by atoms with Crippen molar-refractivity contribution < 1.29 is 32.4 Å². The molecule has 13 nitrogen and oxygen atoms in total. The van der Waals surface area contributed by atoms with E-state index in [0.717, 1.165) is 49.9 Å². The van der Waals surface area contributed by atoms with E-state index in [1.807, 2.05) is 27.7 Å². The summed E-state index contributed by atoms with van der Waals surface area (Å²) in [5, 5.41) is 10.5. The van der Waals surface area contributed by atoms with E-state index in [9.17, 15) is 32.4 Å². The van der Waals surface area contributed by atoms with Gasteiger partial charge in [-0.2, -0.15) is 4.31 Å². The number of nitrogens with two attached hydrogens (primary N) is 1. The van der Waals surface area contributed by atoms with Crippen molar-refractivity contribution in [2.75, 3.05) is 20.1 Å². The molecular weight excluding hydrogens is 705 g/mol. The van der Waals surface area contributed by atoms with Crippen molar-refractivity contribution in [1.82, 2.24) is 25.2 Å². The fourth-order valence-corrected chi connectivity index (χ4v) is 11.1. The number of hydrogen-bond donors (Lipinski definition) is 4. The quantitative estimate of drug-likeness (QED) is 0.208. The molecule has 6 atom stereocenters. The number of likely N-dealkylation sites (tertiary alicyclic amines) is 1. The number of ketones is 1. The van der Waals surface area contributed by atoms with Crippen molar-refractivity contribution in [3.63, 3.8) is 0 Å². The van der Waals surface area contributed by atoms with E-state index < -0.39 is 68.6 Å². The second kappa shape index (κ2) is 15.0. The number of urea groups is 1. The minimum absolute atomic E-state index is 0.00585. The van der Waals surface area contributed by atoms with Gasteiger partial charge in [0.15, 0.2) is 0 Å². The number of piperidine rings is 1. The van der Waals surface area contributed by atoms with Crippen LogP contribution in [0, 0.1) is 34.0 Å². The van der Waals surface area contributed by atoms with Crippen molar-refractivity contribution in [1.29, 1.82) is 0 Å². The molecule has 0 spiro atoms. The largest absolute Gasteiger partial charge is 0.363 e. The Balaban J connectivity index is 1.38. The molecule has 1 aromatic rings. The second-order valence-electron chi connectivity index (χ2n) is 17.6. The molecule has 1 aliphatic heterocycles. The Morgan fingerprint density at radius 2 is 1.67 bits per heavy atom. The number of thiophene rings is 1. The number of carbonyl (C=O) groups is 5. The first-order chi connectivity index (χ1) is 24.2. The van der Waals surface area contributed by atoms with Gasteiger partial charge in [0, 0.05) is 26.2 Å². The molecule has 4 fully saturated rings. The minimum atomic E-state index is -3.78. The Hall–Kier alpha value is -3.04. The third-order valence-electron chi connectivity index (χ3n) is 12.6. The van der Waals surface area contributed by atoms with E-state index in [4.69, 9.17) is 5.73 Å². The Kier molecular flexibility index (Phi) is 11.6. The second-order valence-corrected chi connectivity index (χ2v) is 20.8. The zero-order valence-corrected chi connectivity index (χ0v) is 33.3. The first-order valence-corrected chi connectivity index (χ1v) is 21.0. The van der Waals surface area contributed by atoms with Gasteiger partial charge in [-0.25, -0.2) is 13.2 Å². The predicted octanol–water partition coefficient (Wildman–Crippen LogP) is 3.63. The lowest BCUT2D eigenvalue weighted by atomic mass is 9.70. The maximum Gasteiger partial charge on any atom is 0.315 e. The molecule has 1 unspecified atom stereocenters. The molecule has 5 amide bonds. The maximum atomic E-state index is 14.8. The fourth-order valence-electron chi connectivity index (χ4n) is 8.67. The molecule has 5 N–H and O–H groups in total. The molecule has 52 heavy (non-hydrogen) atoms. The van der Waals surface area contributed by atoms with Gasteiger partial charge in [0.1, 0.15) is 16.3 Å². The van der Waals surface area contributed by atoms with Gasteiger partial charge in [-0.15, -0.1) is 11.3 Å². The summed E-state index contributed by atoms with van der Waals surface area (Å²) >= 11 is 1.13. The van der Waals surface area contributed by atoms with Crippen LogP contribution in [0.2, 0.25) is 0 Å². The molecule has 2 heterocycles.